The van der Waals surface area contributed by atoms with Crippen molar-refractivity contribution >= 4 is 0 Å². The zero-order valence-electron chi connectivity index (χ0n) is 14.3. The van der Waals surface area contributed by atoms with Gasteiger partial charge in [-0.15, -0.1) is 0 Å². The van der Waals surface area contributed by atoms with Gasteiger partial charge in [0.25, 0.3) is 0 Å². The number of rotatable bonds is 6. The second-order valence-corrected chi connectivity index (χ2v) is 5.88. The van der Waals surface area contributed by atoms with Crippen LogP contribution in [0.25, 0.3) is 11.3 Å². The molecule has 5 nitrogen and oxygen atoms in total. The van der Waals surface area contributed by atoms with E-state index in [9.17, 15) is 0 Å². The number of methoxy groups -OCH3 is 1. The van der Waals surface area contributed by atoms with Crippen molar-refractivity contribution in [1.29, 1.82) is 0 Å². The molecule has 3 rings (SSSR count). The Labute approximate surface area is 147 Å². The largest absolute Gasteiger partial charge is 0.493 e. The summed E-state index contributed by atoms with van der Waals surface area (Å²) in [7, 11) is 1.62. The van der Waals surface area contributed by atoms with Crippen LogP contribution in [0.15, 0.2) is 60.9 Å². The van der Waals surface area contributed by atoms with Crippen LogP contribution in [-0.2, 0) is 6.42 Å². The number of hydrogen-bond acceptors (Lipinski definition) is 5. The van der Waals surface area contributed by atoms with Gasteiger partial charge in [0, 0.05) is 17.7 Å². The van der Waals surface area contributed by atoms with Crippen LogP contribution < -0.4 is 15.2 Å². The van der Waals surface area contributed by atoms with Crippen molar-refractivity contribution in [1.82, 2.24) is 9.97 Å². The highest BCUT2D eigenvalue weighted by Gasteiger charge is 2.10. The lowest BCUT2D eigenvalue weighted by atomic mass is 10.1. The van der Waals surface area contributed by atoms with Gasteiger partial charge in [0.2, 0.25) is 5.88 Å². The van der Waals surface area contributed by atoms with Crippen molar-refractivity contribution < 1.29 is 9.47 Å². The molecule has 128 valence electrons. The SMILES string of the molecule is COc1cc(CC(C)N)ccc1Oc1cc(-c2ccccc2)ncn1. The Morgan fingerprint density at radius 1 is 1.00 bits per heavy atom. The molecule has 0 saturated carbocycles. The predicted octanol–water partition coefficient (Wildman–Crippen LogP) is 3.83. The minimum atomic E-state index is 0.0896. The van der Waals surface area contributed by atoms with E-state index in [2.05, 4.69) is 9.97 Å². The first-order chi connectivity index (χ1) is 12.2. The van der Waals surface area contributed by atoms with Crippen LogP contribution in [0.1, 0.15) is 12.5 Å². The molecule has 0 radical (unpaired) electrons. The van der Waals surface area contributed by atoms with Crippen molar-refractivity contribution in [2.24, 2.45) is 5.73 Å². The summed E-state index contributed by atoms with van der Waals surface area (Å²) < 4.78 is 11.4. The van der Waals surface area contributed by atoms with Crippen LogP contribution in [-0.4, -0.2) is 23.1 Å². The Bertz CT molecular complexity index is 835. The predicted molar refractivity (Wildman–Crippen MR) is 97.9 cm³/mol. The van der Waals surface area contributed by atoms with Gasteiger partial charge in [0.15, 0.2) is 11.5 Å². The van der Waals surface area contributed by atoms with E-state index in [1.165, 1.54) is 6.33 Å². The van der Waals surface area contributed by atoms with E-state index < -0.39 is 0 Å². The molecular formula is C20H21N3O2. The molecule has 1 heterocycles. The lowest BCUT2D eigenvalue weighted by Crippen LogP contribution is -2.17. The normalized spacial score (nSPS) is 11.8. The first-order valence-corrected chi connectivity index (χ1v) is 8.13. The number of hydrogen-bond donors (Lipinski definition) is 1. The first kappa shape index (κ1) is 16.9. The quantitative estimate of drug-likeness (QED) is 0.741. The Balaban J connectivity index is 1.85. The minimum Gasteiger partial charge on any atom is -0.493 e. The van der Waals surface area contributed by atoms with Gasteiger partial charge in [-0.25, -0.2) is 9.97 Å². The van der Waals surface area contributed by atoms with E-state index in [0.29, 0.717) is 17.4 Å². The van der Waals surface area contributed by atoms with Gasteiger partial charge >= 0.3 is 0 Å². The first-order valence-electron chi connectivity index (χ1n) is 8.13. The summed E-state index contributed by atoms with van der Waals surface area (Å²) in [5.41, 5.74) is 8.78. The maximum Gasteiger partial charge on any atom is 0.223 e. The third-order valence-electron chi connectivity index (χ3n) is 3.71. The van der Waals surface area contributed by atoms with Crippen molar-refractivity contribution in [2.75, 3.05) is 7.11 Å². The fraction of sp³-hybridized carbons (Fsp3) is 0.200. The van der Waals surface area contributed by atoms with E-state index in [1.54, 1.807) is 7.11 Å². The standard InChI is InChI=1S/C20H21N3O2/c1-14(21)10-15-8-9-18(19(11-15)24-2)25-20-12-17(22-13-23-20)16-6-4-3-5-7-16/h3-9,11-14H,10,21H2,1-2H3. The highest BCUT2D eigenvalue weighted by atomic mass is 16.5. The van der Waals surface area contributed by atoms with Crippen molar-refractivity contribution in [3.8, 4) is 28.6 Å². The number of ether oxygens (including phenoxy) is 2. The van der Waals surface area contributed by atoms with E-state index in [4.69, 9.17) is 15.2 Å². The fourth-order valence-electron chi connectivity index (χ4n) is 2.57. The number of nitrogens with zero attached hydrogens (tertiary/aromatic N) is 2. The summed E-state index contributed by atoms with van der Waals surface area (Å²) in [6, 6.07) is 17.6. The number of aromatic nitrogens is 2. The Morgan fingerprint density at radius 3 is 2.52 bits per heavy atom. The van der Waals surface area contributed by atoms with Crippen LogP contribution in [0, 0.1) is 0 Å². The molecule has 1 aromatic heterocycles. The third kappa shape index (κ3) is 4.33. The molecule has 0 amide bonds. The molecule has 0 aliphatic rings. The van der Waals surface area contributed by atoms with Crippen LogP contribution in [0.5, 0.6) is 17.4 Å². The highest BCUT2D eigenvalue weighted by Crippen LogP contribution is 2.32. The van der Waals surface area contributed by atoms with Gasteiger partial charge in [0.1, 0.15) is 6.33 Å². The average molecular weight is 335 g/mol. The van der Waals surface area contributed by atoms with Crippen LogP contribution >= 0.6 is 0 Å². The third-order valence-corrected chi connectivity index (χ3v) is 3.71. The van der Waals surface area contributed by atoms with Gasteiger partial charge in [-0.05, 0) is 31.0 Å². The molecule has 5 heteroatoms. The van der Waals surface area contributed by atoms with E-state index in [-0.39, 0.29) is 6.04 Å². The molecule has 1 atom stereocenters. The summed E-state index contributed by atoms with van der Waals surface area (Å²) in [4.78, 5) is 8.50. The second kappa shape index (κ2) is 7.77. The fourth-order valence-corrected chi connectivity index (χ4v) is 2.57. The summed E-state index contributed by atoms with van der Waals surface area (Å²) in [6.07, 6.45) is 2.27. The lowest BCUT2D eigenvalue weighted by molar-refractivity contribution is 0.373. The molecule has 2 aromatic carbocycles. The molecule has 0 bridgehead atoms. The van der Waals surface area contributed by atoms with Crippen LogP contribution in [0.3, 0.4) is 0 Å². The molecule has 0 fully saturated rings. The molecule has 0 aliphatic carbocycles. The molecular weight excluding hydrogens is 314 g/mol. The molecule has 2 N–H and O–H groups in total. The van der Waals surface area contributed by atoms with Crippen LogP contribution in [0.2, 0.25) is 0 Å². The van der Waals surface area contributed by atoms with Gasteiger partial charge in [-0.1, -0.05) is 36.4 Å². The molecule has 0 spiro atoms. The Kier molecular flexibility index (Phi) is 5.26. The smallest absolute Gasteiger partial charge is 0.223 e. The maximum absolute atomic E-state index is 5.92. The lowest BCUT2D eigenvalue weighted by Gasteiger charge is -2.12. The van der Waals surface area contributed by atoms with E-state index >= 15 is 0 Å². The average Bonchev–Trinajstić information content (AvgIpc) is 2.63. The molecule has 1 unspecified atom stereocenters. The van der Waals surface area contributed by atoms with Crippen molar-refractivity contribution in [2.45, 2.75) is 19.4 Å². The Hall–Kier alpha value is -2.92. The number of benzene rings is 2. The monoisotopic (exact) mass is 335 g/mol. The summed E-state index contributed by atoms with van der Waals surface area (Å²) in [5, 5.41) is 0. The van der Waals surface area contributed by atoms with Crippen molar-refractivity contribution in [3.05, 3.63) is 66.5 Å². The van der Waals surface area contributed by atoms with Crippen molar-refractivity contribution in [3.63, 3.8) is 0 Å². The zero-order chi connectivity index (χ0) is 17.6. The highest BCUT2D eigenvalue weighted by molar-refractivity contribution is 5.59. The van der Waals surface area contributed by atoms with Gasteiger partial charge < -0.3 is 15.2 Å². The van der Waals surface area contributed by atoms with Crippen LogP contribution in [0.4, 0.5) is 0 Å². The van der Waals surface area contributed by atoms with Gasteiger partial charge in [-0.2, -0.15) is 0 Å². The summed E-state index contributed by atoms with van der Waals surface area (Å²) in [6.45, 7) is 1.98. The second-order valence-electron chi connectivity index (χ2n) is 5.88. The molecule has 0 aliphatic heterocycles. The minimum absolute atomic E-state index is 0.0896. The number of nitrogens with two attached hydrogens (primary N) is 1. The topological polar surface area (TPSA) is 70.3 Å². The summed E-state index contributed by atoms with van der Waals surface area (Å²) in [5.74, 6) is 1.72. The molecule has 25 heavy (non-hydrogen) atoms. The van der Waals surface area contributed by atoms with E-state index in [0.717, 1.165) is 23.2 Å². The molecule has 0 saturated heterocycles. The zero-order valence-corrected chi connectivity index (χ0v) is 14.3. The Morgan fingerprint density at radius 2 is 1.80 bits per heavy atom. The molecule has 3 aromatic rings. The van der Waals surface area contributed by atoms with Gasteiger partial charge in [0.05, 0.1) is 12.8 Å². The van der Waals surface area contributed by atoms with E-state index in [1.807, 2.05) is 61.5 Å². The van der Waals surface area contributed by atoms with Gasteiger partial charge in [-0.3, -0.25) is 0 Å². The summed E-state index contributed by atoms with van der Waals surface area (Å²) >= 11 is 0. The maximum atomic E-state index is 5.92.